The van der Waals surface area contributed by atoms with Gasteiger partial charge in [0, 0.05) is 12.6 Å². The SMILES string of the molecule is CC(=Cc1ccc(Br)c([N+](=O)[O-])c1)CNCC(C)C. The van der Waals surface area contributed by atoms with E-state index in [1.54, 1.807) is 12.1 Å². The number of nitro benzene ring substituents is 1. The van der Waals surface area contributed by atoms with Gasteiger partial charge in [0.2, 0.25) is 0 Å². The quantitative estimate of drug-likeness (QED) is 0.634. The monoisotopic (exact) mass is 326 g/mol. The van der Waals surface area contributed by atoms with Crippen LogP contribution in [0.2, 0.25) is 0 Å². The zero-order valence-corrected chi connectivity index (χ0v) is 13.0. The molecule has 0 atom stereocenters. The Morgan fingerprint density at radius 3 is 2.79 bits per heavy atom. The maximum absolute atomic E-state index is 10.8. The van der Waals surface area contributed by atoms with Gasteiger partial charge < -0.3 is 5.32 Å². The van der Waals surface area contributed by atoms with Crippen LogP contribution in [0.15, 0.2) is 28.2 Å². The molecule has 0 bridgehead atoms. The Morgan fingerprint density at radius 1 is 1.53 bits per heavy atom. The average molecular weight is 327 g/mol. The van der Waals surface area contributed by atoms with Crippen LogP contribution in [0.3, 0.4) is 0 Å². The molecule has 0 fully saturated rings. The molecule has 104 valence electrons. The third kappa shape index (κ3) is 5.53. The van der Waals surface area contributed by atoms with E-state index in [4.69, 9.17) is 0 Å². The predicted octanol–water partition coefficient (Wildman–Crippen LogP) is 4.01. The van der Waals surface area contributed by atoms with Gasteiger partial charge in [0.1, 0.15) is 0 Å². The van der Waals surface area contributed by atoms with Gasteiger partial charge in [-0.1, -0.05) is 31.6 Å². The predicted molar refractivity (Wildman–Crippen MR) is 82.2 cm³/mol. The van der Waals surface area contributed by atoms with Crippen LogP contribution in [0.1, 0.15) is 26.3 Å². The molecule has 0 heterocycles. The fourth-order valence-corrected chi connectivity index (χ4v) is 2.04. The lowest BCUT2D eigenvalue weighted by atomic mass is 10.1. The largest absolute Gasteiger partial charge is 0.313 e. The minimum Gasteiger partial charge on any atom is -0.313 e. The fraction of sp³-hybridized carbons (Fsp3) is 0.429. The molecule has 19 heavy (non-hydrogen) atoms. The summed E-state index contributed by atoms with van der Waals surface area (Å²) in [5.41, 5.74) is 2.09. The van der Waals surface area contributed by atoms with Crippen LogP contribution in [-0.2, 0) is 0 Å². The smallest absolute Gasteiger partial charge is 0.284 e. The van der Waals surface area contributed by atoms with E-state index < -0.39 is 0 Å². The molecule has 0 radical (unpaired) electrons. The van der Waals surface area contributed by atoms with Crippen molar-refractivity contribution in [1.29, 1.82) is 0 Å². The number of benzene rings is 1. The molecule has 0 saturated heterocycles. The molecule has 0 aliphatic heterocycles. The van der Waals surface area contributed by atoms with E-state index in [9.17, 15) is 10.1 Å². The summed E-state index contributed by atoms with van der Waals surface area (Å²) >= 11 is 3.18. The molecular formula is C14H19BrN2O2. The van der Waals surface area contributed by atoms with Crippen LogP contribution >= 0.6 is 15.9 Å². The molecule has 1 N–H and O–H groups in total. The summed E-state index contributed by atoms with van der Waals surface area (Å²) in [5, 5.41) is 14.2. The first-order valence-electron chi connectivity index (χ1n) is 6.22. The number of halogens is 1. The molecule has 5 heteroatoms. The number of hydrogen-bond acceptors (Lipinski definition) is 3. The summed E-state index contributed by atoms with van der Waals surface area (Å²) in [5.74, 6) is 0.613. The lowest BCUT2D eigenvalue weighted by Gasteiger charge is -2.07. The van der Waals surface area contributed by atoms with E-state index in [1.165, 1.54) is 0 Å². The topological polar surface area (TPSA) is 55.2 Å². The first-order chi connectivity index (χ1) is 8.90. The van der Waals surface area contributed by atoms with Gasteiger partial charge in [-0.25, -0.2) is 0 Å². The van der Waals surface area contributed by atoms with Crippen molar-refractivity contribution >= 4 is 27.7 Å². The van der Waals surface area contributed by atoms with Crippen molar-refractivity contribution in [2.45, 2.75) is 20.8 Å². The van der Waals surface area contributed by atoms with Crippen LogP contribution in [0, 0.1) is 16.0 Å². The highest BCUT2D eigenvalue weighted by Crippen LogP contribution is 2.26. The molecule has 0 aliphatic rings. The van der Waals surface area contributed by atoms with Gasteiger partial charge in [-0.3, -0.25) is 10.1 Å². The Labute approximate surface area is 122 Å². The Balaban J connectivity index is 2.75. The number of hydrogen-bond donors (Lipinski definition) is 1. The molecule has 1 aromatic rings. The van der Waals surface area contributed by atoms with Gasteiger partial charge in [-0.05, 0) is 46.9 Å². The first-order valence-corrected chi connectivity index (χ1v) is 7.01. The van der Waals surface area contributed by atoms with Gasteiger partial charge in [-0.2, -0.15) is 0 Å². The van der Waals surface area contributed by atoms with Crippen molar-refractivity contribution in [3.63, 3.8) is 0 Å². The Bertz CT molecular complexity index is 484. The highest BCUT2D eigenvalue weighted by Gasteiger charge is 2.11. The van der Waals surface area contributed by atoms with Crippen LogP contribution < -0.4 is 5.32 Å². The molecule has 0 unspecified atom stereocenters. The molecular weight excluding hydrogens is 308 g/mol. The highest BCUT2D eigenvalue weighted by molar-refractivity contribution is 9.10. The third-order valence-electron chi connectivity index (χ3n) is 2.54. The van der Waals surface area contributed by atoms with Gasteiger partial charge in [0.15, 0.2) is 0 Å². The first kappa shape index (κ1) is 15.9. The zero-order chi connectivity index (χ0) is 14.4. The van der Waals surface area contributed by atoms with Crippen molar-refractivity contribution in [2.75, 3.05) is 13.1 Å². The zero-order valence-electron chi connectivity index (χ0n) is 11.4. The molecule has 0 amide bonds. The maximum Gasteiger partial charge on any atom is 0.284 e. The minimum absolute atomic E-state index is 0.0942. The summed E-state index contributed by atoms with van der Waals surface area (Å²) in [6.45, 7) is 8.09. The summed E-state index contributed by atoms with van der Waals surface area (Å²) in [4.78, 5) is 10.5. The van der Waals surface area contributed by atoms with Crippen LogP contribution in [0.5, 0.6) is 0 Å². The number of rotatable bonds is 6. The highest BCUT2D eigenvalue weighted by atomic mass is 79.9. The summed E-state index contributed by atoms with van der Waals surface area (Å²) in [7, 11) is 0. The van der Waals surface area contributed by atoms with E-state index in [0.29, 0.717) is 10.4 Å². The Hall–Kier alpha value is -1.20. The lowest BCUT2D eigenvalue weighted by molar-refractivity contribution is -0.385. The average Bonchev–Trinajstić information content (AvgIpc) is 2.30. The summed E-state index contributed by atoms with van der Waals surface area (Å²) in [6.07, 6.45) is 1.97. The van der Waals surface area contributed by atoms with Gasteiger partial charge in [0.05, 0.1) is 9.40 Å². The normalized spacial score (nSPS) is 11.9. The van der Waals surface area contributed by atoms with Crippen LogP contribution in [0.4, 0.5) is 5.69 Å². The Morgan fingerprint density at radius 2 is 2.21 bits per heavy atom. The molecule has 0 saturated carbocycles. The van der Waals surface area contributed by atoms with E-state index in [1.807, 2.05) is 19.1 Å². The second kappa shape index (κ2) is 7.40. The molecule has 4 nitrogen and oxygen atoms in total. The van der Waals surface area contributed by atoms with Crippen molar-refractivity contribution < 1.29 is 4.92 Å². The number of nitro groups is 1. The molecule has 0 aromatic heterocycles. The molecule has 1 aromatic carbocycles. The second-order valence-corrected chi connectivity index (χ2v) is 5.84. The standard InChI is InChI=1S/C14H19BrN2O2/c1-10(2)8-16-9-11(3)6-12-4-5-13(15)14(7-12)17(18)19/h4-7,10,16H,8-9H2,1-3H3. The molecule has 0 aliphatic carbocycles. The van der Waals surface area contributed by atoms with E-state index in [0.717, 1.165) is 24.2 Å². The molecule has 0 spiro atoms. The third-order valence-corrected chi connectivity index (χ3v) is 3.21. The lowest BCUT2D eigenvalue weighted by Crippen LogP contribution is -2.21. The van der Waals surface area contributed by atoms with Crippen LogP contribution in [0.25, 0.3) is 6.08 Å². The van der Waals surface area contributed by atoms with E-state index >= 15 is 0 Å². The van der Waals surface area contributed by atoms with E-state index in [-0.39, 0.29) is 10.6 Å². The van der Waals surface area contributed by atoms with Crippen molar-refractivity contribution in [2.24, 2.45) is 5.92 Å². The molecule has 1 rings (SSSR count). The van der Waals surface area contributed by atoms with Crippen LogP contribution in [-0.4, -0.2) is 18.0 Å². The number of nitrogens with one attached hydrogen (secondary N) is 1. The van der Waals surface area contributed by atoms with Crippen molar-refractivity contribution in [3.05, 3.63) is 43.9 Å². The summed E-state index contributed by atoms with van der Waals surface area (Å²) < 4.78 is 0.505. The maximum atomic E-state index is 10.8. The van der Waals surface area contributed by atoms with Crippen molar-refractivity contribution in [3.8, 4) is 0 Å². The van der Waals surface area contributed by atoms with Gasteiger partial charge in [-0.15, -0.1) is 0 Å². The number of nitrogens with zero attached hydrogens (tertiary/aromatic N) is 1. The van der Waals surface area contributed by atoms with Crippen molar-refractivity contribution in [1.82, 2.24) is 5.32 Å². The second-order valence-electron chi connectivity index (χ2n) is 4.98. The summed E-state index contributed by atoms with van der Waals surface area (Å²) in [6, 6.07) is 5.15. The van der Waals surface area contributed by atoms with Gasteiger partial charge in [0.25, 0.3) is 5.69 Å². The minimum atomic E-state index is -0.381. The van der Waals surface area contributed by atoms with Gasteiger partial charge >= 0.3 is 0 Å². The fourth-order valence-electron chi connectivity index (χ4n) is 1.65. The van der Waals surface area contributed by atoms with E-state index in [2.05, 4.69) is 35.1 Å². The Kier molecular flexibility index (Phi) is 6.18.